The van der Waals surface area contributed by atoms with Crippen LogP contribution in [0.4, 0.5) is 15.8 Å². The van der Waals surface area contributed by atoms with Gasteiger partial charge in [-0.2, -0.15) is 5.21 Å². The van der Waals surface area contributed by atoms with Crippen molar-refractivity contribution in [2.75, 3.05) is 11.1 Å². The normalized spacial score (nSPS) is 14.0. The molecule has 0 bridgehead atoms. The van der Waals surface area contributed by atoms with Crippen LogP contribution in [0.25, 0.3) is 17.2 Å². The molecule has 1 atom stereocenters. The molecule has 0 spiro atoms. The van der Waals surface area contributed by atoms with E-state index in [0.717, 1.165) is 23.1 Å². The van der Waals surface area contributed by atoms with Crippen LogP contribution in [0.2, 0.25) is 0 Å². The molecular weight excluding hydrogens is 597 g/mol. The number of imidazole rings is 1. The number of nitrogen functional groups attached to an aromatic ring is 1. The number of anilines is 2. The lowest BCUT2D eigenvalue weighted by Crippen LogP contribution is -2.37. The first-order valence-corrected chi connectivity index (χ1v) is 14.2. The second-order valence-electron chi connectivity index (χ2n) is 10.7. The molecule has 1 aliphatic carbocycles. The molecule has 0 aliphatic heterocycles. The third-order valence-electron chi connectivity index (χ3n) is 7.94. The third-order valence-corrected chi connectivity index (χ3v) is 7.94. The summed E-state index contributed by atoms with van der Waals surface area (Å²) in [7, 11) is 0. The minimum Gasteiger partial charge on any atom is -0.394 e. The number of amides is 2. The average molecular weight is 622 g/mol. The Balaban J connectivity index is 1.05. The van der Waals surface area contributed by atoms with Crippen LogP contribution in [-0.2, 0) is 19.5 Å². The number of hydrogen-bond acceptors (Lipinski definition) is 11. The molecular formula is C30H24FN11O4. The number of nitrogens with two attached hydrogens (primary N) is 1. The molecule has 16 heteroatoms. The van der Waals surface area contributed by atoms with Crippen LogP contribution >= 0.6 is 0 Å². The maximum Gasteiger partial charge on any atom is 0.270 e. The molecule has 0 saturated heterocycles. The first-order valence-electron chi connectivity index (χ1n) is 14.2. The summed E-state index contributed by atoms with van der Waals surface area (Å²) in [5.74, 6) is -0.861. The number of nitrogens with one attached hydrogen (secondary N) is 4. The van der Waals surface area contributed by atoms with Gasteiger partial charge in [-0.15, -0.1) is 10.2 Å². The number of rotatable bonds is 9. The standard InChI is InChI=1S/C30H24FN11O4/c31-19-5-1-14(9-17(19)13-34-24-23(32)25(43)26(24)44)12-35-28(45)21-11-22(42-8-7-33-30(42)37-21)29(46)36-20-6-3-15-10-16(2-4-18(15)20)27-38-40-41-39-27/h1-2,4-5,7-11,20,34H,3,6,12-13,32H2,(H,35,45)(H,36,46)(H,38,39,40,41)/t20-/m0/s1. The highest BCUT2D eigenvalue weighted by Crippen LogP contribution is 2.33. The van der Waals surface area contributed by atoms with Crippen LogP contribution in [-0.4, -0.2) is 46.8 Å². The van der Waals surface area contributed by atoms with Gasteiger partial charge in [-0.3, -0.25) is 23.6 Å². The quantitative estimate of drug-likeness (QED) is 0.145. The molecule has 7 rings (SSSR count). The van der Waals surface area contributed by atoms with Crippen molar-refractivity contribution in [2.24, 2.45) is 0 Å². The lowest BCUT2D eigenvalue weighted by Gasteiger charge is -2.16. The molecule has 3 heterocycles. The zero-order valence-corrected chi connectivity index (χ0v) is 23.9. The predicted octanol–water partition coefficient (Wildman–Crippen LogP) is 1.19. The Bertz CT molecular complexity index is 2220. The minimum absolute atomic E-state index is 0.0158. The predicted molar refractivity (Wildman–Crippen MR) is 162 cm³/mol. The van der Waals surface area contributed by atoms with Gasteiger partial charge in [0.15, 0.2) is 0 Å². The van der Waals surface area contributed by atoms with E-state index in [2.05, 4.69) is 46.5 Å². The van der Waals surface area contributed by atoms with Crippen molar-refractivity contribution in [2.45, 2.75) is 32.0 Å². The summed E-state index contributed by atoms with van der Waals surface area (Å²) in [4.78, 5) is 58.2. The number of aromatic nitrogens is 7. The van der Waals surface area contributed by atoms with Crippen LogP contribution in [0.1, 0.15) is 55.7 Å². The summed E-state index contributed by atoms with van der Waals surface area (Å²) in [6, 6.07) is 11.2. The molecule has 6 aromatic rings. The van der Waals surface area contributed by atoms with Crippen molar-refractivity contribution in [1.29, 1.82) is 0 Å². The van der Waals surface area contributed by atoms with Crippen LogP contribution in [0.15, 0.2) is 64.4 Å². The van der Waals surface area contributed by atoms with Crippen molar-refractivity contribution < 1.29 is 14.0 Å². The van der Waals surface area contributed by atoms with E-state index in [0.29, 0.717) is 17.8 Å². The zero-order chi connectivity index (χ0) is 31.9. The molecule has 15 nitrogen and oxygen atoms in total. The fourth-order valence-electron chi connectivity index (χ4n) is 5.53. The summed E-state index contributed by atoms with van der Waals surface area (Å²) >= 11 is 0. The highest BCUT2D eigenvalue weighted by Gasteiger charge is 2.27. The largest absolute Gasteiger partial charge is 0.394 e. The van der Waals surface area contributed by atoms with Crippen LogP contribution in [0.5, 0.6) is 0 Å². The molecule has 6 N–H and O–H groups in total. The van der Waals surface area contributed by atoms with E-state index in [4.69, 9.17) is 5.73 Å². The van der Waals surface area contributed by atoms with Crippen molar-refractivity contribution in [1.82, 2.24) is 45.6 Å². The number of carbonyl (C=O) groups is 2. The Hall–Kier alpha value is -6.32. The summed E-state index contributed by atoms with van der Waals surface area (Å²) in [5.41, 5.74) is 7.56. The van der Waals surface area contributed by atoms with Crippen LogP contribution in [0.3, 0.4) is 0 Å². The van der Waals surface area contributed by atoms with Gasteiger partial charge in [-0.05, 0) is 59.0 Å². The summed E-state index contributed by atoms with van der Waals surface area (Å²) < 4.78 is 15.9. The van der Waals surface area contributed by atoms with Gasteiger partial charge in [0.05, 0.1) is 6.04 Å². The smallest absolute Gasteiger partial charge is 0.270 e. The molecule has 0 radical (unpaired) electrons. The number of carbonyl (C=O) groups excluding carboxylic acids is 2. The molecule has 46 heavy (non-hydrogen) atoms. The fourth-order valence-corrected chi connectivity index (χ4v) is 5.53. The van der Waals surface area contributed by atoms with E-state index in [1.54, 1.807) is 6.20 Å². The first-order chi connectivity index (χ1) is 22.3. The van der Waals surface area contributed by atoms with E-state index in [1.807, 2.05) is 18.2 Å². The number of aryl methyl sites for hydroxylation is 1. The molecule has 0 saturated carbocycles. The molecule has 1 aliphatic rings. The van der Waals surface area contributed by atoms with Crippen LogP contribution < -0.4 is 32.5 Å². The van der Waals surface area contributed by atoms with Gasteiger partial charge in [0.2, 0.25) is 11.6 Å². The van der Waals surface area contributed by atoms with E-state index in [1.165, 1.54) is 34.9 Å². The first kappa shape index (κ1) is 28.5. The number of halogens is 1. The molecule has 230 valence electrons. The Morgan fingerprint density at radius 3 is 2.74 bits per heavy atom. The molecule has 3 aromatic heterocycles. The summed E-state index contributed by atoms with van der Waals surface area (Å²) in [6.07, 6.45) is 4.51. The Labute approximate surface area is 257 Å². The van der Waals surface area contributed by atoms with Crippen molar-refractivity contribution >= 4 is 29.0 Å². The van der Waals surface area contributed by atoms with Crippen molar-refractivity contribution in [3.05, 3.63) is 115 Å². The van der Waals surface area contributed by atoms with Gasteiger partial charge in [0, 0.05) is 36.6 Å². The van der Waals surface area contributed by atoms with Gasteiger partial charge in [0.25, 0.3) is 22.7 Å². The van der Waals surface area contributed by atoms with Gasteiger partial charge in [-0.1, -0.05) is 18.2 Å². The van der Waals surface area contributed by atoms with E-state index in [9.17, 15) is 23.6 Å². The second-order valence-corrected chi connectivity index (χ2v) is 10.7. The Kier molecular flexibility index (Phi) is 7.00. The number of hydrogen-bond donors (Lipinski definition) is 5. The fraction of sp³-hybridized carbons (Fsp3) is 0.167. The maximum atomic E-state index is 14.4. The van der Waals surface area contributed by atoms with E-state index < -0.39 is 28.5 Å². The minimum atomic E-state index is -0.776. The highest BCUT2D eigenvalue weighted by atomic mass is 19.1. The molecule has 0 unspecified atom stereocenters. The van der Waals surface area contributed by atoms with Gasteiger partial charge >= 0.3 is 0 Å². The maximum absolute atomic E-state index is 14.4. The number of benzene rings is 2. The number of aromatic amines is 1. The third kappa shape index (κ3) is 5.10. The lowest BCUT2D eigenvalue weighted by atomic mass is 10.0. The summed E-state index contributed by atoms with van der Waals surface area (Å²) in [6.45, 7) is -0.0768. The average Bonchev–Trinajstić information content (AvgIpc) is 3.85. The lowest BCUT2D eigenvalue weighted by molar-refractivity contribution is 0.0930. The SMILES string of the molecule is Nc1c(NCc2cc(CNC(=O)c3cc(C(=O)N[C@H]4CCc5cc(-c6nn[nH]n6)ccc54)n4ccnc4n3)ccc2F)c(=O)c1=O. The van der Waals surface area contributed by atoms with E-state index in [-0.39, 0.29) is 53.2 Å². The topological polar surface area (TPSA) is 215 Å². The number of tetrazole rings is 1. The monoisotopic (exact) mass is 621 g/mol. The second kappa shape index (κ2) is 11.3. The van der Waals surface area contributed by atoms with Gasteiger partial charge in [0.1, 0.15) is 28.6 Å². The van der Waals surface area contributed by atoms with Crippen molar-refractivity contribution in [3.8, 4) is 11.4 Å². The van der Waals surface area contributed by atoms with Gasteiger partial charge < -0.3 is 21.7 Å². The highest BCUT2D eigenvalue weighted by molar-refractivity contribution is 5.98. The molecule has 0 fully saturated rings. The van der Waals surface area contributed by atoms with Gasteiger partial charge in [-0.25, -0.2) is 14.4 Å². The molecule has 2 amide bonds. The molecule has 3 aromatic carbocycles. The van der Waals surface area contributed by atoms with Crippen molar-refractivity contribution in [3.63, 3.8) is 0 Å². The number of nitrogens with zero attached hydrogens (tertiary/aromatic N) is 6. The number of H-pyrrole nitrogens is 1. The van der Waals surface area contributed by atoms with E-state index >= 15 is 0 Å². The summed E-state index contributed by atoms with van der Waals surface area (Å²) in [5, 5.41) is 22.6. The number of fused-ring (bicyclic) bond motifs is 2. The van der Waals surface area contributed by atoms with Crippen LogP contribution in [0, 0.1) is 5.82 Å². The Morgan fingerprint density at radius 2 is 1.93 bits per heavy atom. The Morgan fingerprint density at radius 1 is 1.07 bits per heavy atom. The zero-order valence-electron chi connectivity index (χ0n) is 23.9.